The van der Waals surface area contributed by atoms with E-state index in [4.69, 9.17) is 9.47 Å². The number of hydrogen-bond acceptors (Lipinski definition) is 6. The second-order valence-corrected chi connectivity index (χ2v) is 7.97. The summed E-state index contributed by atoms with van der Waals surface area (Å²) < 4.78 is 11.1. The van der Waals surface area contributed by atoms with Crippen molar-refractivity contribution in [2.75, 3.05) is 24.3 Å². The highest BCUT2D eigenvalue weighted by Crippen LogP contribution is 2.39. The summed E-state index contributed by atoms with van der Waals surface area (Å²) in [5, 5.41) is 13.0. The van der Waals surface area contributed by atoms with Crippen LogP contribution in [0.3, 0.4) is 0 Å². The molecule has 4 rings (SSSR count). The first-order valence-electron chi connectivity index (χ1n) is 8.11. The molecule has 7 heteroatoms. The summed E-state index contributed by atoms with van der Waals surface area (Å²) in [6, 6.07) is 7.93. The van der Waals surface area contributed by atoms with Gasteiger partial charge in [-0.05, 0) is 43.0 Å². The Morgan fingerprint density at radius 3 is 2.96 bits per heavy atom. The van der Waals surface area contributed by atoms with Gasteiger partial charge in [-0.1, -0.05) is 0 Å². The van der Waals surface area contributed by atoms with E-state index in [0.29, 0.717) is 23.8 Å². The van der Waals surface area contributed by atoms with E-state index in [9.17, 15) is 10.1 Å². The maximum atomic E-state index is 12.3. The molecule has 0 radical (unpaired) electrons. The smallest absolute Gasteiger partial charge is 0.235 e. The van der Waals surface area contributed by atoms with Crippen LogP contribution in [0.1, 0.15) is 22.4 Å². The van der Waals surface area contributed by atoms with Gasteiger partial charge in [0.05, 0.1) is 11.3 Å². The van der Waals surface area contributed by atoms with E-state index in [1.807, 2.05) is 18.2 Å². The lowest BCUT2D eigenvalue weighted by atomic mass is 10.1. The molecule has 1 amide bonds. The molecule has 2 aliphatic rings. The molecule has 0 bridgehead atoms. The summed E-state index contributed by atoms with van der Waals surface area (Å²) in [5.41, 5.74) is 1.78. The summed E-state index contributed by atoms with van der Waals surface area (Å²) in [7, 11) is 0. The van der Waals surface area contributed by atoms with Crippen molar-refractivity contribution < 1.29 is 14.3 Å². The maximum Gasteiger partial charge on any atom is 0.235 e. The first-order valence-corrected chi connectivity index (χ1v) is 9.92. The molecule has 25 heavy (non-hydrogen) atoms. The average Bonchev–Trinajstić information content (AvgIpc) is 3.20. The summed E-state index contributed by atoms with van der Waals surface area (Å²) in [6.07, 6.45) is 3.05. The molecule has 0 atom stereocenters. The SMILES string of the molecule is N#Cc1c(NC(=O)CSc2ccc3c(c2)OCCO3)sc2c1CCC2. The fourth-order valence-corrected chi connectivity index (χ4v) is 5.02. The zero-order chi connectivity index (χ0) is 17.2. The largest absolute Gasteiger partial charge is 0.486 e. The lowest BCUT2D eigenvalue weighted by Gasteiger charge is -2.18. The number of carbonyl (C=O) groups is 1. The highest BCUT2D eigenvalue weighted by molar-refractivity contribution is 8.00. The minimum Gasteiger partial charge on any atom is -0.486 e. The van der Waals surface area contributed by atoms with Crippen LogP contribution in [0.5, 0.6) is 11.5 Å². The molecule has 2 heterocycles. The van der Waals surface area contributed by atoms with E-state index in [0.717, 1.165) is 41.2 Å². The molecule has 0 spiro atoms. The Balaban J connectivity index is 1.39. The molecule has 128 valence electrons. The third-order valence-electron chi connectivity index (χ3n) is 4.17. The molecule has 1 aromatic heterocycles. The van der Waals surface area contributed by atoms with Crippen molar-refractivity contribution in [3.63, 3.8) is 0 Å². The number of aryl methyl sites for hydroxylation is 1. The Bertz CT molecular complexity index is 870. The Morgan fingerprint density at radius 1 is 1.28 bits per heavy atom. The van der Waals surface area contributed by atoms with Gasteiger partial charge in [0.25, 0.3) is 0 Å². The molecule has 0 fully saturated rings. The summed E-state index contributed by atoms with van der Waals surface area (Å²) in [4.78, 5) is 14.5. The minimum absolute atomic E-state index is 0.101. The second kappa shape index (κ2) is 6.98. The number of rotatable bonds is 4. The van der Waals surface area contributed by atoms with Crippen LogP contribution < -0.4 is 14.8 Å². The number of anilines is 1. The predicted molar refractivity (Wildman–Crippen MR) is 97.8 cm³/mol. The zero-order valence-corrected chi connectivity index (χ0v) is 15.1. The van der Waals surface area contributed by atoms with Crippen LogP contribution in [0, 0.1) is 11.3 Å². The van der Waals surface area contributed by atoms with E-state index in [-0.39, 0.29) is 11.7 Å². The van der Waals surface area contributed by atoms with E-state index in [2.05, 4.69) is 11.4 Å². The van der Waals surface area contributed by atoms with Crippen molar-refractivity contribution in [2.45, 2.75) is 24.2 Å². The monoisotopic (exact) mass is 372 g/mol. The summed E-state index contributed by atoms with van der Waals surface area (Å²) in [6.45, 7) is 1.11. The van der Waals surface area contributed by atoms with Gasteiger partial charge >= 0.3 is 0 Å². The van der Waals surface area contributed by atoms with Gasteiger partial charge in [-0.15, -0.1) is 23.1 Å². The van der Waals surface area contributed by atoms with E-state index >= 15 is 0 Å². The van der Waals surface area contributed by atoms with Gasteiger partial charge in [-0.25, -0.2) is 0 Å². The van der Waals surface area contributed by atoms with Gasteiger partial charge in [0.15, 0.2) is 11.5 Å². The molecule has 0 unspecified atom stereocenters. The number of nitrogens with zero attached hydrogens (tertiary/aromatic N) is 1. The molecule has 2 aromatic rings. The number of hydrogen-bond donors (Lipinski definition) is 1. The zero-order valence-electron chi connectivity index (χ0n) is 13.5. The molecular weight excluding hydrogens is 356 g/mol. The Hall–Kier alpha value is -2.17. The number of nitrogens with one attached hydrogen (secondary N) is 1. The summed E-state index contributed by atoms with van der Waals surface area (Å²) in [5.74, 6) is 1.65. The standard InChI is InChI=1S/C18H16N2O3S2/c19-9-13-12-2-1-3-16(12)25-18(13)20-17(21)10-24-11-4-5-14-15(8-11)23-7-6-22-14/h4-5,8H,1-3,6-7,10H2,(H,20,21). The quantitative estimate of drug-likeness (QED) is 0.830. The summed E-state index contributed by atoms with van der Waals surface area (Å²) >= 11 is 2.98. The first-order chi connectivity index (χ1) is 12.2. The molecule has 0 saturated heterocycles. The van der Waals surface area contributed by atoms with Crippen molar-refractivity contribution in [3.05, 3.63) is 34.2 Å². The van der Waals surface area contributed by atoms with Crippen molar-refractivity contribution in [2.24, 2.45) is 0 Å². The van der Waals surface area contributed by atoms with Crippen LogP contribution in [-0.2, 0) is 17.6 Å². The number of thioether (sulfide) groups is 1. The molecular formula is C18H16N2O3S2. The number of carbonyl (C=O) groups excluding carboxylic acids is 1. The van der Waals surface area contributed by atoms with Crippen molar-refractivity contribution in [1.82, 2.24) is 0 Å². The number of thiophene rings is 1. The number of benzene rings is 1. The van der Waals surface area contributed by atoms with Crippen molar-refractivity contribution in [1.29, 1.82) is 5.26 Å². The van der Waals surface area contributed by atoms with Gasteiger partial charge in [0, 0.05) is 9.77 Å². The minimum atomic E-state index is -0.101. The number of ether oxygens (including phenoxy) is 2. The van der Waals surface area contributed by atoms with Crippen molar-refractivity contribution >= 4 is 34.0 Å². The molecule has 1 aliphatic heterocycles. The average molecular weight is 372 g/mol. The van der Waals surface area contributed by atoms with Gasteiger partial charge in [-0.3, -0.25) is 4.79 Å². The number of amides is 1. The van der Waals surface area contributed by atoms with E-state index in [1.54, 1.807) is 11.3 Å². The van der Waals surface area contributed by atoms with Crippen LogP contribution in [0.15, 0.2) is 23.1 Å². The van der Waals surface area contributed by atoms with Gasteiger partial charge in [-0.2, -0.15) is 5.26 Å². The number of fused-ring (bicyclic) bond motifs is 2. The van der Waals surface area contributed by atoms with Crippen LogP contribution in [0.4, 0.5) is 5.00 Å². The molecule has 0 saturated carbocycles. The van der Waals surface area contributed by atoms with Crippen LogP contribution >= 0.6 is 23.1 Å². The van der Waals surface area contributed by atoms with Gasteiger partial charge in [0.1, 0.15) is 24.3 Å². The van der Waals surface area contributed by atoms with E-state index in [1.165, 1.54) is 16.6 Å². The highest BCUT2D eigenvalue weighted by atomic mass is 32.2. The van der Waals surface area contributed by atoms with Crippen LogP contribution in [0.25, 0.3) is 0 Å². The lowest BCUT2D eigenvalue weighted by Crippen LogP contribution is -2.15. The normalized spacial score (nSPS) is 14.7. The Labute approximate surface area is 153 Å². The maximum absolute atomic E-state index is 12.3. The number of nitriles is 1. The Kier molecular flexibility index (Phi) is 4.55. The highest BCUT2D eigenvalue weighted by Gasteiger charge is 2.23. The van der Waals surface area contributed by atoms with E-state index < -0.39 is 0 Å². The fraction of sp³-hybridized carbons (Fsp3) is 0.333. The topological polar surface area (TPSA) is 71.4 Å². The molecule has 5 nitrogen and oxygen atoms in total. The fourth-order valence-electron chi connectivity index (χ4n) is 3.04. The van der Waals surface area contributed by atoms with Crippen molar-refractivity contribution in [3.8, 4) is 17.6 Å². The second-order valence-electron chi connectivity index (χ2n) is 5.82. The first kappa shape index (κ1) is 16.3. The molecule has 1 aromatic carbocycles. The van der Waals surface area contributed by atoms with Gasteiger partial charge in [0.2, 0.25) is 5.91 Å². The van der Waals surface area contributed by atoms with Crippen LogP contribution in [-0.4, -0.2) is 24.9 Å². The predicted octanol–water partition coefficient (Wildman–Crippen LogP) is 3.61. The molecule has 1 aliphatic carbocycles. The Morgan fingerprint density at radius 2 is 2.12 bits per heavy atom. The van der Waals surface area contributed by atoms with Crippen LogP contribution in [0.2, 0.25) is 0 Å². The molecule has 1 N–H and O–H groups in total. The third-order valence-corrected chi connectivity index (χ3v) is 6.37. The van der Waals surface area contributed by atoms with Gasteiger partial charge < -0.3 is 14.8 Å². The lowest BCUT2D eigenvalue weighted by molar-refractivity contribution is -0.113. The third kappa shape index (κ3) is 3.32.